The van der Waals surface area contributed by atoms with Gasteiger partial charge in [0.15, 0.2) is 0 Å². The van der Waals surface area contributed by atoms with E-state index in [1.807, 2.05) is 24.3 Å². The maximum absolute atomic E-state index is 12.2. The summed E-state index contributed by atoms with van der Waals surface area (Å²) < 4.78 is 6.09. The van der Waals surface area contributed by atoms with Crippen LogP contribution >= 0.6 is 15.9 Å². The van der Waals surface area contributed by atoms with Crippen molar-refractivity contribution in [3.05, 3.63) is 70.2 Å². The summed E-state index contributed by atoms with van der Waals surface area (Å²) in [7, 11) is 1.59. The van der Waals surface area contributed by atoms with Crippen LogP contribution < -0.4 is 15.4 Å². The minimum absolute atomic E-state index is 0.0837. The number of ether oxygens (including phenoxy) is 1. The summed E-state index contributed by atoms with van der Waals surface area (Å²) in [6.07, 6.45) is 4.79. The molecule has 1 fully saturated rings. The van der Waals surface area contributed by atoms with Gasteiger partial charge in [0.2, 0.25) is 5.91 Å². The first-order valence-electron chi connectivity index (χ1n) is 8.72. The van der Waals surface area contributed by atoms with Crippen LogP contribution in [0.25, 0.3) is 6.08 Å². The number of rotatable bonds is 6. The molecule has 0 bridgehead atoms. The number of hydrogen-bond acceptors (Lipinski definition) is 3. The van der Waals surface area contributed by atoms with Crippen molar-refractivity contribution < 1.29 is 14.3 Å². The van der Waals surface area contributed by atoms with Crippen molar-refractivity contribution in [1.82, 2.24) is 10.6 Å². The molecule has 0 spiro atoms. The van der Waals surface area contributed by atoms with Crippen LogP contribution in [0.5, 0.6) is 5.75 Å². The lowest BCUT2D eigenvalue weighted by Gasteiger charge is -2.36. The van der Waals surface area contributed by atoms with Gasteiger partial charge in [0.1, 0.15) is 5.75 Å². The molecule has 2 aromatic rings. The summed E-state index contributed by atoms with van der Waals surface area (Å²) in [6.45, 7) is 0. The van der Waals surface area contributed by atoms with Gasteiger partial charge in [-0.25, -0.2) is 0 Å². The first-order valence-corrected chi connectivity index (χ1v) is 9.52. The van der Waals surface area contributed by atoms with Crippen LogP contribution in [0, 0.1) is 0 Å². The largest absolute Gasteiger partial charge is 0.497 e. The number of carbonyl (C=O) groups is 2. The lowest BCUT2D eigenvalue weighted by atomic mass is 9.86. The minimum atomic E-state index is -0.122. The van der Waals surface area contributed by atoms with Gasteiger partial charge in [0.05, 0.1) is 7.11 Å². The fourth-order valence-corrected chi connectivity index (χ4v) is 3.12. The van der Waals surface area contributed by atoms with Gasteiger partial charge in [-0.2, -0.15) is 0 Å². The molecule has 27 heavy (non-hydrogen) atoms. The Morgan fingerprint density at radius 2 is 1.63 bits per heavy atom. The molecule has 1 aliphatic rings. The molecule has 0 saturated heterocycles. The molecule has 3 rings (SSSR count). The Morgan fingerprint density at radius 3 is 2.26 bits per heavy atom. The summed E-state index contributed by atoms with van der Waals surface area (Å²) >= 11 is 3.38. The number of methoxy groups -OCH3 is 1. The molecule has 0 aromatic heterocycles. The van der Waals surface area contributed by atoms with Gasteiger partial charge in [0.25, 0.3) is 5.91 Å². The summed E-state index contributed by atoms with van der Waals surface area (Å²) in [5, 5.41) is 5.94. The third-order valence-corrected chi connectivity index (χ3v) is 5.00. The molecule has 2 aromatic carbocycles. The molecule has 6 heteroatoms. The number of benzene rings is 2. The predicted molar refractivity (Wildman–Crippen MR) is 109 cm³/mol. The zero-order valence-electron chi connectivity index (χ0n) is 14.9. The molecule has 2 amide bonds. The first-order chi connectivity index (χ1) is 13.0. The van der Waals surface area contributed by atoms with E-state index in [0.717, 1.165) is 22.9 Å². The highest BCUT2D eigenvalue weighted by atomic mass is 79.9. The average molecular weight is 429 g/mol. The van der Waals surface area contributed by atoms with Crippen LogP contribution in [-0.2, 0) is 4.79 Å². The van der Waals surface area contributed by atoms with Gasteiger partial charge < -0.3 is 15.4 Å². The molecule has 2 N–H and O–H groups in total. The number of nitrogens with one attached hydrogen (secondary N) is 2. The molecule has 0 aliphatic heterocycles. The Bertz CT molecular complexity index is 826. The van der Waals surface area contributed by atoms with E-state index in [1.54, 1.807) is 37.5 Å². The Labute approximate surface area is 166 Å². The van der Waals surface area contributed by atoms with E-state index in [0.29, 0.717) is 11.3 Å². The second-order valence-corrected chi connectivity index (χ2v) is 7.38. The third-order valence-electron chi connectivity index (χ3n) is 4.47. The topological polar surface area (TPSA) is 67.4 Å². The molecule has 5 nitrogen and oxygen atoms in total. The maximum Gasteiger partial charge on any atom is 0.251 e. The van der Waals surface area contributed by atoms with E-state index in [1.165, 1.54) is 6.08 Å². The van der Waals surface area contributed by atoms with E-state index in [9.17, 15) is 9.59 Å². The highest BCUT2D eigenvalue weighted by Crippen LogP contribution is 2.21. The van der Waals surface area contributed by atoms with Gasteiger partial charge >= 0.3 is 0 Å². The average Bonchev–Trinajstić information content (AvgIpc) is 2.65. The first kappa shape index (κ1) is 19.2. The van der Waals surface area contributed by atoms with E-state index in [4.69, 9.17) is 4.74 Å². The molecule has 1 aliphatic carbocycles. The molecule has 1 saturated carbocycles. The van der Waals surface area contributed by atoms with Crippen molar-refractivity contribution in [1.29, 1.82) is 0 Å². The molecule has 140 valence electrons. The summed E-state index contributed by atoms with van der Waals surface area (Å²) in [4.78, 5) is 24.2. The van der Waals surface area contributed by atoms with Crippen molar-refractivity contribution >= 4 is 33.8 Å². The summed E-state index contributed by atoms with van der Waals surface area (Å²) in [6, 6.07) is 14.9. The number of amides is 2. The standard InChI is InChI=1S/C21H21BrN2O3/c1-27-19-9-5-15(6-10-19)21(26)24-18-12-17(13-18)23-20(25)11-4-14-2-7-16(22)8-3-14/h2-11,17-18H,12-13H2,1H3,(H,23,25)(H,24,26). The van der Waals surface area contributed by atoms with E-state index in [2.05, 4.69) is 26.6 Å². The molecule has 0 heterocycles. The summed E-state index contributed by atoms with van der Waals surface area (Å²) in [5.41, 5.74) is 1.56. The minimum Gasteiger partial charge on any atom is -0.497 e. The van der Waals surface area contributed by atoms with E-state index in [-0.39, 0.29) is 23.9 Å². The molecular formula is C21H21BrN2O3. The Hall–Kier alpha value is -2.60. The normalized spacial score (nSPS) is 18.6. The van der Waals surface area contributed by atoms with Crippen molar-refractivity contribution in [2.45, 2.75) is 24.9 Å². The Kier molecular flexibility index (Phi) is 6.29. The zero-order chi connectivity index (χ0) is 19.2. The molecular weight excluding hydrogens is 408 g/mol. The van der Waals surface area contributed by atoms with Crippen LogP contribution in [0.2, 0.25) is 0 Å². The zero-order valence-corrected chi connectivity index (χ0v) is 16.5. The highest BCUT2D eigenvalue weighted by Gasteiger charge is 2.31. The number of carbonyl (C=O) groups excluding carboxylic acids is 2. The quantitative estimate of drug-likeness (QED) is 0.691. The van der Waals surface area contributed by atoms with Gasteiger partial charge in [0, 0.05) is 28.2 Å². The lowest BCUT2D eigenvalue weighted by molar-refractivity contribution is -0.117. The molecule has 0 atom stereocenters. The van der Waals surface area contributed by atoms with Gasteiger partial charge in [-0.05, 0) is 60.9 Å². The van der Waals surface area contributed by atoms with Crippen LogP contribution in [0.1, 0.15) is 28.8 Å². The van der Waals surface area contributed by atoms with Crippen LogP contribution in [0.15, 0.2) is 59.1 Å². The van der Waals surface area contributed by atoms with Gasteiger partial charge in [-0.3, -0.25) is 9.59 Å². The second-order valence-electron chi connectivity index (χ2n) is 6.46. The summed E-state index contributed by atoms with van der Waals surface area (Å²) in [5.74, 6) is 0.486. The Balaban J connectivity index is 1.40. The Morgan fingerprint density at radius 1 is 1.00 bits per heavy atom. The monoisotopic (exact) mass is 428 g/mol. The maximum atomic E-state index is 12.2. The van der Waals surface area contributed by atoms with Crippen LogP contribution in [-0.4, -0.2) is 31.0 Å². The SMILES string of the molecule is COc1ccc(C(=O)NC2CC(NC(=O)C=Cc3ccc(Br)cc3)C2)cc1. The van der Waals surface area contributed by atoms with Crippen molar-refractivity contribution in [3.63, 3.8) is 0 Å². The number of hydrogen-bond donors (Lipinski definition) is 2. The van der Waals surface area contributed by atoms with Gasteiger partial charge in [-0.1, -0.05) is 28.1 Å². The van der Waals surface area contributed by atoms with Crippen LogP contribution in [0.4, 0.5) is 0 Å². The fraction of sp³-hybridized carbons (Fsp3) is 0.238. The van der Waals surface area contributed by atoms with E-state index >= 15 is 0 Å². The second kappa shape index (κ2) is 8.86. The van der Waals surface area contributed by atoms with Crippen LogP contribution in [0.3, 0.4) is 0 Å². The highest BCUT2D eigenvalue weighted by molar-refractivity contribution is 9.10. The number of halogens is 1. The van der Waals surface area contributed by atoms with Gasteiger partial charge in [-0.15, -0.1) is 0 Å². The van der Waals surface area contributed by atoms with Crippen molar-refractivity contribution in [2.24, 2.45) is 0 Å². The lowest BCUT2D eigenvalue weighted by Crippen LogP contribution is -2.53. The molecule has 0 radical (unpaired) electrons. The molecule has 0 unspecified atom stereocenters. The predicted octanol–water partition coefficient (Wildman–Crippen LogP) is 3.55. The van der Waals surface area contributed by atoms with E-state index < -0.39 is 0 Å². The van der Waals surface area contributed by atoms with Crippen molar-refractivity contribution in [2.75, 3.05) is 7.11 Å². The third kappa shape index (κ3) is 5.44. The van der Waals surface area contributed by atoms with Crippen molar-refractivity contribution in [3.8, 4) is 5.75 Å². The smallest absolute Gasteiger partial charge is 0.251 e. The fourth-order valence-electron chi connectivity index (χ4n) is 2.86.